The van der Waals surface area contributed by atoms with Gasteiger partial charge in [0.25, 0.3) is 5.69 Å². The summed E-state index contributed by atoms with van der Waals surface area (Å²) in [4.78, 5) is 10.1. The van der Waals surface area contributed by atoms with Crippen LogP contribution in [0.4, 0.5) is 5.69 Å². The van der Waals surface area contributed by atoms with Crippen LogP contribution in [0.3, 0.4) is 0 Å². The number of benzene rings is 2. The van der Waals surface area contributed by atoms with Gasteiger partial charge >= 0.3 is 0 Å². The van der Waals surface area contributed by atoms with Crippen molar-refractivity contribution in [1.29, 1.82) is 0 Å². The molecule has 6 nitrogen and oxygen atoms in total. The van der Waals surface area contributed by atoms with E-state index in [9.17, 15) is 18.5 Å². The van der Waals surface area contributed by atoms with E-state index in [2.05, 4.69) is 4.72 Å². The van der Waals surface area contributed by atoms with Gasteiger partial charge in [0.2, 0.25) is 10.0 Å². The third-order valence-electron chi connectivity index (χ3n) is 3.58. The van der Waals surface area contributed by atoms with Gasteiger partial charge in [-0.3, -0.25) is 10.1 Å². The first-order valence-corrected chi connectivity index (χ1v) is 8.53. The average Bonchev–Trinajstić information content (AvgIpc) is 2.46. The molecule has 0 radical (unpaired) electrons. The van der Waals surface area contributed by atoms with Crippen LogP contribution in [0.25, 0.3) is 0 Å². The minimum atomic E-state index is -3.75. The summed E-state index contributed by atoms with van der Waals surface area (Å²) in [7, 11) is -3.75. The third-order valence-corrected chi connectivity index (χ3v) is 5.14. The van der Waals surface area contributed by atoms with Gasteiger partial charge in [0.05, 0.1) is 9.82 Å². The van der Waals surface area contributed by atoms with Crippen LogP contribution in [-0.2, 0) is 10.0 Å². The number of non-ortho nitro benzene ring substituents is 1. The molecule has 0 heterocycles. The maximum absolute atomic E-state index is 12.4. The standard InChI is InChI=1S/C16H18N2O4S/c1-11-4-9-16(12(2)10-11)13(3)17-23(21,22)15-7-5-14(6-8-15)18(19)20/h4-10,13,17H,1-3H3/t13-/m1/s1. The molecule has 0 aliphatic heterocycles. The molecular formula is C16H18N2O4S. The van der Waals surface area contributed by atoms with E-state index in [4.69, 9.17) is 0 Å². The quantitative estimate of drug-likeness (QED) is 0.671. The fourth-order valence-corrected chi connectivity index (χ4v) is 3.65. The fraction of sp³-hybridized carbons (Fsp3) is 0.250. The highest BCUT2D eigenvalue weighted by Crippen LogP contribution is 2.22. The molecule has 0 aliphatic carbocycles. The molecule has 0 saturated carbocycles. The highest BCUT2D eigenvalue weighted by molar-refractivity contribution is 7.89. The average molecular weight is 334 g/mol. The summed E-state index contributed by atoms with van der Waals surface area (Å²) < 4.78 is 27.4. The molecule has 0 spiro atoms. The van der Waals surface area contributed by atoms with Gasteiger partial charge in [-0.15, -0.1) is 0 Å². The van der Waals surface area contributed by atoms with E-state index in [0.29, 0.717) is 0 Å². The number of hydrogen-bond donors (Lipinski definition) is 1. The second-order valence-corrected chi connectivity index (χ2v) is 7.17. The molecule has 122 valence electrons. The first kappa shape index (κ1) is 17.1. The SMILES string of the molecule is Cc1ccc([C@@H](C)NS(=O)(=O)c2ccc([N+](=O)[O-])cc2)c(C)c1. The van der Waals surface area contributed by atoms with Crippen molar-refractivity contribution in [2.24, 2.45) is 0 Å². The molecule has 2 aromatic carbocycles. The molecule has 0 aromatic heterocycles. The number of hydrogen-bond acceptors (Lipinski definition) is 4. The first-order valence-electron chi connectivity index (χ1n) is 7.04. The number of nitro benzene ring substituents is 1. The van der Waals surface area contributed by atoms with E-state index < -0.39 is 21.0 Å². The number of rotatable bonds is 5. The van der Waals surface area contributed by atoms with Crippen LogP contribution in [0.15, 0.2) is 47.4 Å². The van der Waals surface area contributed by atoms with Gasteiger partial charge in [0.15, 0.2) is 0 Å². The van der Waals surface area contributed by atoms with Crippen LogP contribution in [0.2, 0.25) is 0 Å². The van der Waals surface area contributed by atoms with Crippen molar-refractivity contribution in [3.63, 3.8) is 0 Å². The molecular weight excluding hydrogens is 316 g/mol. The summed E-state index contributed by atoms with van der Waals surface area (Å²) in [6.45, 7) is 5.67. The van der Waals surface area contributed by atoms with Crippen molar-refractivity contribution in [2.45, 2.75) is 31.7 Å². The Bertz CT molecular complexity index is 830. The first-order chi connectivity index (χ1) is 10.7. The molecule has 0 aliphatic rings. The maximum Gasteiger partial charge on any atom is 0.269 e. The van der Waals surface area contributed by atoms with Crippen LogP contribution in [-0.4, -0.2) is 13.3 Å². The predicted octanol–water partition coefficient (Wildman–Crippen LogP) is 3.25. The number of sulfonamides is 1. The van der Waals surface area contributed by atoms with Gasteiger partial charge in [-0.1, -0.05) is 23.8 Å². The van der Waals surface area contributed by atoms with Gasteiger partial charge in [-0.05, 0) is 44.0 Å². The largest absolute Gasteiger partial charge is 0.269 e. The van der Waals surface area contributed by atoms with Gasteiger partial charge in [-0.25, -0.2) is 13.1 Å². The maximum atomic E-state index is 12.4. The summed E-state index contributed by atoms with van der Waals surface area (Å²) in [5.74, 6) is 0. The molecule has 0 unspecified atom stereocenters. The molecule has 0 fully saturated rings. The number of aryl methyl sites for hydroxylation is 2. The minimum Gasteiger partial charge on any atom is -0.258 e. The normalized spacial score (nSPS) is 12.8. The molecule has 2 rings (SSSR count). The molecule has 1 atom stereocenters. The monoisotopic (exact) mass is 334 g/mol. The smallest absolute Gasteiger partial charge is 0.258 e. The van der Waals surface area contributed by atoms with Crippen LogP contribution in [0.1, 0.15) is 29.7 Å². The molecule has 0 bridgehead atoms. The summed E-state index contributed by atoms with van der Waals surface area (Å²) in [5, 5.41) is 10.6. The highest BCUT2D eigenvalue weighted by atomic mass is 32.2. The van der Waals surface area contributed by atoms with E-state index in [1.54, 1.807) is 6.92 Å². The Morgan fingerprint density at radius 3 is 2.22 bits per heavy atom. The molecule has 1 N–H and O–H groups in total. The van der Waals surface area contributed by atoms with Crippen molar-refractivity contribution in [3.8, 4) is 0 Å². The van der Waals surface area contributed by atoms with Gasteiger partial charge in [0, 0.05) is 18.2 Å². The molecule has 7 heteroatoms. The zero-order valence-electron chi connectivity index (χ0n) is 13.1. The lowest BCUT2D eigenvalue weighted by Gasteiger charge is -2.17. The van der Waals surface area contributed by atoms with E-state index in [-0.39, 0.29) is 10.6 Å². The van der Waals surface area contributed by atoms with Crippen LogP contribution in [0.5, 0.6) is 0 Å². The van der Waals surface area contributed by atoms with Crippen molar-refractivity contribution >= 4 is 15.7 Å². The molecule has 0 amide bonds. The fourth-order valence-electron chi connectivity index (χ4n) is 2.42. The highest BCUT2D eigenvalue weighted by Gasteiger charge is 2.20. The lowest BCUT2D eigenvalue weighted by Crippen LogP contribution is -2.27. The van der Waals surface area contributed by atoms with Crippen LogP contribution >= 0.6 is 0 Å². The van der Waals surface area contributed by atoms with Gasteiger partial charge in [0.1, 0.15) is 0 Å². The zero-order valence-corrected chi connectivity index (χ0v) is 13.9. The zero-order chi connectivity index (χ0) is 17.2. The summed E-state index contributed by atoms with van der Waals surface area (Å²) in [6, 6.07) is 10.2. The van der Waals surface area contributed by atoms with E-state index in [1.807, 2.05) is 32.0 Å². The topological polar surface area (TPSA) is 89.3 Å². The van der Waals surface area contributed by atoms with Crippen molar-refractivity contribution in [1.82, 2.24) is 4.72 Å². The Hall–Kier alpha value is -2.25. The molecule has 2 aromatic rings. The Morgan fingerprint density at radius 1 is 1.09 bits per heavy atom. The number of nitrogens with one attached hydrogen (secondary N) is 1. The Labute approximate surface area is 135 Å². The van der Waals surface area contributed by atoms with Gasteiger partial charge in [-0.2, -0.15) is 0 Å². The van der Waals surface area contributed by atoms with Gasteiger partial charge < -0.3 is 0 Å². The van der Waals surface area contributed by atoms with E-state index in [0.717, 1.165) is 16.7 Å². The predicted molar refractivity (Wildman–Crippen MR) is 87.7 cm³/mol. The lowest BCUT2D eigenvalue weighted by atomic mass is 10.0. The van der Waals surface area contributed by atoms with E-state index >= 15 is 0 Å². The van der Waals surface area contributed by atoms with Crippen LogP contribution in [0, 0.1) is 24.0 Å². The number of nitrogens with zero attached hydrogens (tertiary/aromatic N) is 1. The lowest BCUT2D eigenvalue weighted by molar-refractivity contribution is -0.384. The summed E-state index contributed by atoms with van der Waals surface area (Å²) >= 11 is 0. The molecule has 23 heavy (non-hydrogen) atoms. The van der Waals surface area contributed by atoms with Crippen molar-refractivity contribution in [3.05, 3.63) is 69.3 Å². The second kappa shape index (κ2) is 6.47. The summed E-state index contributed by atoms with van der Waals surface area (Å²) in [6.07, 6.45) is 0. The Kier molecular flexibility index (Phi) is 4.82. The van der Waals surface area contributed by atoms with E-state index in [1.165, 1.54) is 24.3 Å². The van der Waals surface area contributed by atoms with Crippen molar-refractivity contribution < 1.29 is 13.3 Å². The Morgan fingerprint density at radius 2 is 1.70 bits per heavy atom. The second-order valence-electron chi connectivity index (χ2n) is 5.45. The van der Waals surface area contributed by atoms with Crippen molar-refractivity contribution in [2.75, 3.05) is 0 Å². The summed E-state index contributed by atoms with van der Waals surface area (Å²) in [5.41, 5.74) is 2.85. The minimum absolute atomic E-state index is 0.000264. The third kappa shape index (κ3) is 3.94. The molecule has 0 saturated heterocycles. The Balaban J connectivity index is 2.24. The number of nitro groups is 1. The van der Waals surface area contributed by atoms with Crippen LogP contribution < -0.4 is 4.72 Å².